The summed E-state index contributed by atoms with van der Waals surface area (Å²) >= 11 is 0. The number of nitrogens with zero attached hydrogens (tertiary/aromatic N) is 5. The number of hydrogen-bond donors (Lipinski definition) is 1. The Labute approximate surface area is 231 Å². The molecule has 0 spiro atoms. The normalized spacial score (nSPS) is 12.7. The molecule has 0 fully saturated rings. The number of hydrogen-bond acceptors (Lipinski definition) is 10. The topological polar surface area (TPSA) is 165 Å². The highest BCUT2D eigenvalue weighted by atomic mass is 32.2. The minimum Gasteiger partial charge on any atom is -0.494 e. The predicted molar refractivity (Wildman–Crippen MR) is 145 cm³/mol. The quantitative estimate of drug-likeness (QED) is 0.297. The fourth-order valence-electron chi connectivity index (χ4n) is 4.25. The molecule has 0 saturated carbocycles. The molecule has 0 aliphatic carbocycles. The van der Waals surface area contributed by atoms with E-state index in [1.54, 1.807) is 37.3 Å². The van der Waals surface area contributed by atoms with E-state index in [0.717, 1.165) is 0 Å². The first kappa shape index (κ1) is 28.2. The number of nitrogens with one attached hydrogen (secondary N) is 1. The van der Waals surface area contributed by atoms with E-state index in [1.165, 1.54) is 51.0 Å². The first-order valence-corrected chi connectivity index (χ1v) is 13.5. The summed E-state index contributed by atoms with van der Waals surface area (Å²) < 4.78 is 53.9. The molecule has 2 heterocycles. The first-order chi connectivity index (χ1) is 19.2. The third kappa shape index (κ3) is 5.20. The average Bonchev–Trinajstić information content (AvgIpc) is 3.58. The van der Waals surface area contributed by atoms with Gasteiger partial charge in [0.25, 0.3) is 0 Å². The van der Waals surface area contributed by atoms with Gasteiger partial charge in [0.05, 0.1) is 37.5 Å². The largest absolute Gasteiger partial charge is 0.494 e. The maximum absolute atomic E-state index is 13.7. The van der Waals surface area contributed by atoms with Gasteiger partial charge in [-0.15, -0.1) is 10.2 Å². The van der Waals surface area contributed by atoms with Gasteiger partial charge in [-0.1, -0.05) is 12.1 Å². The van der Waals surface area contributed by atoms with Crippen LogP contribution in [0.15, 0.2) is 52.9 Å². The zero-order valence-electron chi connectivity index (χ0n) is 22.4. The first-order valence-electron chi connectivity index (χ1n) is 11.9. The standard InChI is InChI=1S/C27H26N6O6S/c1-16-9-12-23(39-16)26-30-31-27(33(26)24-21(36-3)7-6-8-22(24)37-4)32-40(34,35)17(2)25(38-5)20-11-10-18(14-28)13-19(20)15-29/h6-13,17,25H,1-5H3,(H,31,32)/t17-,25-/m1/s1. The summed E-state index contributed by atoms with van der Waals surface area (Å²) in [5, 5.41) is 26.0. The molecule has 0 amide bonds. The molecule has 206 valence electrons. The Hall–Kier alpha value is -4.85. The molecule has 0 unspecified atom stereocenters. The number of rotatable bonds is 10. The second-order valence-corrected chi connectivity index (χ2v) is 10.7. The summed E-state index contributed by atoms with van der Waals surface area (Å²) in [6.45, 7) is 3.21. The number of benzene rings is 2. The molecule has 0 bridgehead atoms. The van der Waals surface area contributed by atoms with Gasteiger partial charge >= 0.3 is 0 Å². The molecule has 0 saturated heterocycles. The molecule has 4 aromatic rings. The van der Waals surface area contributed by atoms with E-state index in [9.17, 15) is 18.9 Å². The van der Waals surface area contributed by atoms with Crippen LogP contribution in [-0.4, -0.2) is 49.8 Å². The summed E-state index contributed by atoms with van der Waals surface area (Å²) in [5.74, 6) is 1.72. The molecule has 2 atom stereocenters. The Morgan fingerprint density at radius 2 is 1.70 bits per heavy atom. The Morgan fingerprint density at radius 3 is 2.25 bits per heavy atom. The molecule has 0 radical (unpaired) electrons. The van der Waals surface area contributed by atoms with Crippen molar-refractivity contribution in [3.05, 3.63) is 71.0 Å². The van der Waals surface area contributed by atoms with E-state index in [0.29, 0.717) is 34.3 Å². The molecule has 12 nitrogen and oxygen atoms in total. The van der Waals surface area contributed by atoms with Crippen molar-refractivity contribution in [3.8, 4) is 40.9 Å². The summed E-state index contributed by atoms with van der Waals surface area (Å²) in [5.41, 5.74) is 1.06. The highest BCUT2D eigenvalue weighted by molar-refractivity contribution is 7.93. The molecule has 1 N–H and O–H groups in total. The van der Waals surface area contributed by atoms with Crippen LogP contribution < -0.4 is 14.2 Å². The number of aromatic nitrogens is 3. The SMILES string of the molecule is COc1cccc(OC)c1-n1c(NS(=O)(=O)[C@H](C)[C@@H](OC)c2ccc(C#N)cc2C#N)nnc1-c1ccc(C)o1. The Balaban J connectivity index is 1.83. The maximum Gasteiger partial charge on any atom is 0.243 e. The summed E-state index contributed by atoms with van der Waals surface area (Å²) in [6.07, 6.45) is -1.05. The summed E-state index contributed by atoms with van der Waals surface area (Å²) in [7, 11) is 0.0532. The van der Waals surface area contributed by atoms with Crippen LogP contribution in [0.2, 0.25) is 0 Å². The number of aryl methyl sites for hydroxylation is 1. The van der Waals surface area contributed by atoms with Crippen molar-refractivity contribution < 1.29 is 27.0 Å². The van der Waals surface area contributed by atoms with E-state index in [4.69, 9.17) is 18.6 Å². The number of methoxy groups -OCH3 is 3. The van der Waals surface area contributed by atoms with Crippen molar-refractivity contribution >= 4 is 16.0 Å². The van der Waals surface area contributed by atoms with Gasteiger partial charge in [0.2, 0.25) is 21.8 Å². The average molecular weight is 563 g/mol. The van der Waals surface area contributed by atoms with Crippen molar-refractivity contribution in [1.29, 1.82) is 10.5 Å². The van der Waals surface area contributed by atoms with Crippen LogP contribution in [0.1, 0.15) is 35.5 Å². The molecule has 0 aliphatic heterocycles. The summed E-state index contributed by atoms with van der Waals surface area (Å²) in [4.78, 5) is 0. The van der Waals surface area contributed by atoms with E-state index >= 15 is 0 Å². The maximum atomic E-state index is 13.7. The highest BCUT2D eigenvalue weighted by Crippen LogP contribution is 2.38. The summed E-state index contributed by atoms with van der Waals surface area (Å²) in [6, 6.07) is 16.9. The Kier molecular flexibility index (Phi) is 8.09. The lowest BCUT2D eigenvalue weighted by atomic mass is 9.99. The fourth-order valence-corrected chi connectivity index (χ4v) is 5.41. The van der Waals surface area contributed by atoms with Crippen LogP contribution in [0.5, 0.6) is 11.5 Å². The van der Waals surface area contributed by atoms with Gasteiger partial charge in [-0.25, -0.2) is 8.42 Å². The number of nitriles is 2. The minimum atomic E-state index is -4.23. The van der Waals surface area contributed by atoms with Crippen LogP contribution in [0, 0.1) is 29.6 Å². The molecule has 13 heteroatoms. The lowest BCUT2D eigenvalue weighted by molar-refractivity contribution is 0.102. The molecular formula is C27H26N6O6S. The van der Waals surface area contributed by atoms with Gasteiger partial charge in [-0.05, 0) is 55.8 Å². The number of ether oxygens (including phenoxy) is 3. The lowest BCUT2D eigenvalue weighted by Crippen LogP contribution is -2.33. The van der Waals surface area contributed by atoms with Gasteiger partial charge in [0.15, 0.2) is 5.76 Å². The van der Waals surface area contributed by atoms with Gasteiger partial charge in [0, 0.05) is 7.11 Å². The van der Waals surface area contributed by atoms with E-state index < -0.39 is 21.4 Å². The molecule has 40 heavy (non-hydrogen) atoms. The van der Waals surface area contributed by atoms with E-state index in [1.807, 2.05) is 12.1 Å². The smallest absolute Gasteiger partial charge is 0.243 e. The number of furan rings is 1. The van der Waals surface area contributed by atoms with Crippen molar-refractivity contribution in [2.24, 2.45) is 0 Å². The monoisotopic (exact) mass is 562 g/mol. The minimum absolute atomic E-state index is 0.130. The predicted octanol–water partition coefficient (Wildman–Crippen LogP) is 4.11. The van der Waals surface area contributed by atoms with E-state index in [-0.39, 0.29) is 22.9 Å². The molecule has 2 aromatic carbocycles. The van der Waals surface area contributed by atoms with Crippen molar-refractivity contribution in [3.63, 3.8) is 0 Å². The van der Waals surface area contributed by atoms with Crippen molar-refractivity contribution in [1.82, 2.24) is 14.8 Å². The zero-order chi connectivity index (χ0) is 29.0. The van der Waals surface area contributed by atoms with Crippen LogP contribution in [0.4, 0.5) is 5.95 Å². The third-order valence-corrected chi connectivity index (χ3v) is 7.96. The van der Waals surface area contributed by atoms with Crippen LogP contribution in [-0.2, 0) is 14.8 Å². The Morgan fingerprint density at radius 1 is 1.00 bits per heavy atom. The Bertz CT molecular complexity index is 1710. The van der Waals surface area contributed by atoms with Crippen molar-refractivity contribution in [2.45, 2.75) is 25.2 Å². The zero-order valence-corrected chi connectivity index (χ0v) is 23.2. The lowest BCUT2D eigenvalue weighted by Gasteiger charge is -2.24. The van der Waals surface area contributed by atoms with Gasteiger partial charge in [-0.2, -0.15) is 10.5 Å². The third-order valence-electron chi connectivity index (χ3n) is 6.26. The van der Waals surface area contributed by atoms with E-state index in [2.05, 4.69) is 14.9 Å². The number of anilines is 1. The highest BCUT2D eigenvalue weighted by Gasteiger charge is 2.35. The number of sulfonamides is 1. The second-order valence-electron chi connectivity index (χ2n) is 8.64. The number of para-hydroxylation sites is 1. The van der Waals surface area contributed by atoms with Gasteiger partial charge in [-0.3, -0.25) is 9.29 Å². The molecular weight excluding hydrogens is 536 g/mol. The molecule has 0 aliphatic rings. The van der Waals surface area contributed by atoms with Crippen LogP contribution in [0.3, 0.4) is 0 Å². The fraction of sp³-hybridized carbons (Fsp3) is 0.259. The van der Waals surface area contributed by atoms with Gasteiger partial charge < -0.3 is 18.6 Å². The van der Waals surface area contributed by atoms with Crippen LogP contribution >= 0.6 is 0 Å². The van der Waals surface area contributed by atoms with Crippen LogP contribution in [0.25, 0.3) is 17.3 Å². The molecule has 4 rings (SSSR count). The molecule has 2 aromatic heterocycles. The van der Waals surface area contributed by atoms with Gasteiger partial charge in [0.1, 0.15) is 34.3 Å². The van der Waals surface area contributed by atoms with Crippen molar-refractivity contribution in [2.75, 3.05) is 26.1 Å². The second kappa shape index (κ2) is 11.5.